The Hall–Kier alpha value is -5.45. The zero-order valence-corrected chi connectivity index (χ0v) is 29.5. The zero-order valence-electron chi connectivity index (χ0n) is 29.5. The first-order chi connectivity index (χ1) is 25.1. The van der Waals surface area contributed by atoms with E-state index in [9.17, 15) is 5.11 Å². The third-order valence-electron chi connectivity index (χ3n) is 10.0. The minimum absolute atomic E-state index is 0.126. The molecule has 0 aliphatic carbocycles. The van der Waals surface area contributed by atoms with Crippen molar-refractivity contribution in [3.05, 3.63) is 208 Å². The van der Waals surface area contributed by atoms with E-state index >= 15 is 0 Å². The molecule has 4 nitrogen and oxygen atoms in total. The Morgan fingerprint density at radius 3 is 1.65 bits per heavy atom. The van der Waals surface area contributed by atoms with Gasteiger partial charge in [-0.15, -0.1) is 0 Å². The first-order valence-electron chi connectivity index (χ1n) is 18.1. The number of unbranched alkanes of at least 4 members (excludes halogenated alkanes) is 1. The van der Waals surface area contributed by atoms with E-state index in [4.69, 9.17) is 9.73 Å². The second-order valence-corrected chi connectivity index (χ2v) is 13.6. The zero-order chi connectivity index (χ0) is 35.0. The summed E-state index contributed by atoms with van der Waals surface area (Å²) in [6.07, 6.45) is 1.89. The van der Waals surface area contributed by atoms with Crippen molar-refractivity contribution < 1.29 is 9.84 Å². The highest BCUT2D eigenvalue weighted by molar-refractivity contribution is 5.80. The van der Waals surface area contributed by atoms with Gasteiger partial charge in [-0.3, -0.25) is 4.90 Å². The average molecular weight is 671 g/mol. The summed E-state index contributed by atoms with van der Waals surface area (Å²) in [5.41, 5.74) is 7.69. The molecule has 0 radical (unpaired) electrons. The van der Waals surface area contributed by atoms with Gasteiger partial charge in [0.1, 0.15) is 11.8 Å². The Bertz CT molecular complexity index is 1930. The van der Waals surface area contributed by atoms with E-state index in [1.54, 1.807) is 0 Å². The summed E-state index contributed by atoms with van der Waals surface area (Å²) in [7, 11) is 0. The van der Waals surface area contributed by atoms with Gasteiger partial charge in [0.05, 0.1) is 12.0 Å². The van der Waals surface area contributed by atoms with Gasteiger partial charge in [-0.25, -0.2) is 4.99 Å². The minimum atomic E-state index is -0.743. The molecule has 1 aliphatic rings. The highest BCUT2D eigenvalue weighted by atomic mass is 16.5. The van der Waals surface area contributed by atoms with Crippen LogP contribution in [-0.2, 0) is 16.7 Å². The van der Waals surface area contributed by atoms with Crippen LogP contribution in [0.25, 0.3) is 0 Å². The number of phenolic OH excluding ortho intramolecular Hbond substituents is 1. The highest BCUT2D eigenvalue weighted by Gasteiger charge is 2.41. The van der Waals surface area contributed by atoms with Crippen LogP contribution < -0.4 is 0 Å². The van der Waals surface area contributed by atoms with Crippen molar-refractivity contribution in [2.45, 2.75) is 50.8 Å². The molecule has 0 amide bonds. The Labute approximate surface area is 302 Å². The van der Waals surface area contributed by atoms with E-state index in [0.29, 0.717) is 18.8 Å². The van der Waals surface area contributed by atoms with E-state index in [1.807, 2.05) is 12.1 Å². The number of benzene rings is 6. The molecular formula is C47H46N2O2. The molecule has 0 spiro atoms. The lowest BCUT2D eigenvalue weighted by Gasteiger charge is -2.38. The van der Waals surface area contributed by atoms with Crippen molar-refractivity contribution in [1.29, 1.82) is 0 Å². The maximum absolute atomic E-state index is 12.6. The van der Waals surface area contributed by atoms with E-state index in [0.717, 1.165) is 69.8 Å². The fourth-order valence-corrected chi connectivity index (χ4v) is 7.65. The van der Waals surface area contributed by atoms with Crippen molar-refractivity contribution in [3.63, 3.8) is 0 Å². The van der Waals surface area contributed by atoms with Crippen LogP contribution in [0.5, 0.6) is 5.75 Å². The van der Waals surface area contributed by atoms with Crippen LogP contribution in [0.15, 0.2) is 169 Å². The summed E-state index contributed by atoms with van der Waals surface area (Å²) in [4.78, 5) is 7.59. The van der Waals surface area contributed by atoms with E-state index in [-0.39, 0.29) is 12.1 Å². The number of hydrogen-bond donors (Lipinski definition) is 1. The monoisotopic (exact) mass is 670 g/mol. The molecule has 0 fully saturated rings. The number of phenols is 1. The van der Waals surface area contributed by atoms with Gasteiger partial charge >= 0.3 is 0 Å². The molecule has 0 aromatic heterocycles. The molecule has 6 aromatic carbocycles. The fraction of sp³-hybridized carbons (Fsp3) is 0.213. The lowest BCUT2D eigenvalue weighted by molar-refractivity contribution is 0.179. The van der Waals surface area contributed by atoms with Crippen molar-refractivity contribution in [1.82, 2.24) is 4.90 Å². The Morgan fingerprint density at radius 1 is 0.647 bits per heavy atom. The smallest absolute Gasteiger partial charge is 0.199 e. The predicted octanol–water partition coefficient (Wildman–Crippen LogP) is 10.6. The Morgan fingerprint density at radius 2 is 1.14 bits per heavy atom. The minimum Gasteiger partial charge on any atom is -0.507 e. The molecule has 0 unspecified atom stereocenters. The lowest BCUT2D eigenvalue weighted by atomic mass is 9.64. The Balaban J connectivity index is 1.30. The molecule has 0 bridgehead atoms. The van der Waals surface area contributed by atoms with Gasteiger partial charge in [0.25, 0.3) is 0 Å². The number of aryl methyl sites for hydroxylation is 1. The van der Waals surface area contributed by atoms with Crippen molar-refractivity contribution in [2.24, 2.45) is 4.99 Å². The second kappa shape index (κ2) is 15.6. The normalized spacial score (nSPS) is 15.8. The molecule has 2 atom stereocenters. The molecule has 4 heteroatoms. The van der Waals surface area contributed by atoms with Gasteiger partial charge in [0, 0.05) is 17.7 Å². The van der Waals surface area contributed by atoms with Crippen LogP contribution >= 0.6 is 0 Å². The number of aliphatic imine (C=N–C) groups is 1. The van der Waals surface area contributed by atoms with Crippen LogP contribution in [0.3, 0.4) is 0 Å². The van der Waals surface area contributed by atoms with Crippen LogP contribution in [0.2, 0.25) is 0 Å². The number of rotatable bonds is 13. The number of aromatic hydroxyl groups is 1. The van der Waals surface area contributed by atoms with E-state index < -0.39 is 5.41 Å². The van der Waals surface area contributed by atoms with E-state index in [1.165, 1.54) is 0 Å². The standard InChI is InChI=1S/C47H46N2O2/c1-3-4-30-49(34-43-48-44(36-20-10-5-11-21-36)46(51-43)37-22-12-6-13-23-37)33-38-31-35(2)32-42(45(38)50)47(39-24-14-7-15-25-39,40-26-16-8-17-27-40)41-28-18-9-19-29-41/h5-29,31-32,44,46,50H,3-4,30,33-34H2,1-2H3/t44-,46+/m0/s1. The predicted molar refractivity (Wildman–Crippen MR) is 208 cm³/mol. The molecule has 1 aliphatic heterocycles. The van der Waals surface area contributed by atoms with Gasteiger partial charge in [0.15, 0.2) is 12.0 Å². The van der Waals surface area contributed by atoms with Crippen molar-refractivity contribution >= 4 is 5.90 Å². The maximum atomic E-state index is 12.6. The number of ether oxygens (including phenoxy) is 1. The summed E-state index contributed by atoms with van der Waals surface area (Å²) < 4.78 is 6.71. The summed E-state index contributed by atoms with van der Waals surface area (Å²) >= 11 is 0. The number of hydrogen-bond acceptors (Lipinski definition) is 4. The molecule has 1 heterocycles. The Kier molecular flexibility index (Phi) is 10.4. The van der Waals surface area contributed by atoms with Crippen molar-refractivity contribution in [2.75, 3.05) is 13.1 Å². The fourth-order valence-electron chi connectivity index (χ4n) is 7.65. The molecular weight excluding hydrogens is 625 g/mol. The molecule has 256 valence electrons. The largest absolute Gasteiger partial charge is 0.507 e. The summed E-state index contributed by atoms with van der Waals surface area (Å²) in [5.74, 6) is 1.05. The van der Waals surface area contributed by atoms with Crippen LogP contribution in [0.1, 0.15) is 76.4 Å². The molecule has 0 saturated carbocycles. The SMILES string of the molecule is CCCCN(CC1=N[C@@H](c2ccccc2)[C@@H](c2ccccc2)O1)Cc1cc(C)cc(C(c2ccccc2)(c2ccccc2)c2ccccc2)c1O. The van der Waals surface area contributed by atoms with Gasteiger partial charge in [0.2, 0.25) is 0 Å². The van der Waals surface area contributed by atoms with Gasteiger partial charge in [-0.1, -0.05) is 183 Å². The molecule has 51 heavy (non-hydrogen) atoms. The summed E-state index contributed by atoms with van der Waals surface area (Å²) in [6.45, 7) is 6.32. The maximum Gasteiger partial charge on any atom is 0.199 e. The van der Waals surface area contributed by atoms with Crippen LogP contribution in [0, 0.1) is 6.92 Å². The van der Waals surface area contributed by atoms with Crippen LogP contribution in [0.4, 0.5) is 0 Å². The van der Waals surface area contributed by atoms with E-state index in [2.05, 4.69) is 170 Å². The molecule has 1 N–H and O–H groups in total. The topological polar surface area (TPSA) is 45.1 Å². The molecule has 0 saturated heterocycles. The summed E-state index contributed by atoms with van der Waals surface area (Å²) in [5, 5.41) is 12.6. The van der Waals surface area contributed by atoms with Crippen LogP contribution in [-0.4, -0.2) is 29.0 Å². The molecule has 7 rings (SSSR count). The molecule has 6 aromatic rings. The first kappa shape index (κ1) is 34.0. The van der Waals surface area contributed by atoms with Gasteiger partial charge < -0.3 is 9.84 Å². The van der Waals surface area contributed by atoms with Crippen molar-refractivity contribution in [3.8, 4) is 5.75 Å². The summed E-state index contributed by atoms with van der Waals surface area (Å²) in [6, 6.07) is 56.8. The average Bonchev–Trinajstić information content (AvgIpc) is 3.61. The lowest BCUT2D eigenvalue weighted by Crippen LogP contribution is -2.33. The highest BCUT2D eigenvalue weighted by Crippen LogP contribution is 2.49. The quantitative estimate of drug-likeness (QED) is 0.124. The first-order valence-corrected chi connectivity index (χ1v) is 18.1. The van der Waals surface area contributed by atoms with Gasteiger partial charge in [-0.2, -0.15) is 0 Å². The second-order valence-electron chi connectivity index (χ2n) is 13.6. The van der Waals surface area contributed by atoms with Gasteiger partial charge in [-0.05, 0) is 47.7 Å². The number of nitrogens with zero attached hydrogens (tertiary/aromatic N) is 2. The third-order valence-corrected chi connectivity index (χ3v) is 10.0. The third kappa shape index (κ3) is 7.10.